The van der Waals surface area contributed by atoms with E-state index >= 15 is 0 Å². The van der Waals surface area contributed by atoms with Crippen LogP contribution < -0.4 is 0 Å². The Morgan fingerprint density at radius 1 is 1.09 bits per heavy atom. The van der Waals surface area contributed by atoms with Gasteiger partial charge in [0.2, 0.25) is 0 Å². The maximum atomic E-state index is 10.5. The first-order valence-electron chi connectivity index (χ1n) is 7.64. The first-order valence-corrected chi connectivity index (χ1v) is 7.64. The highest BCUT2D eigenvalue weighted by molar-refractivity contribution is 5.88. The van der Waals surface area contributed by atoms with E-state index in [1.165, 1.54) is 0 Å². The van der Waals surface area contributed by atoms with Crippen LogP contribution in [0.1, 0.15) is 31.4 Å². The van der Waals surface area contributed by atoms with Crippen molar-refractivity contribution >= 4 is 28.0 Å². The first-order chi connectivity index (χ1) is 11.1. The summed E-state index contributed by atoms with van der Waals surface area (Å²) in [5, 5.41) is 8.66. The number of benzene rings is 2. The maximum absolute atomic E-state index is 10.5. The molecule has 118 valence electrons. The Hall–Kier alpha value is -2.53. The molecule has 0 radical (unpaired) electrons. The minimum Gasteiger partial charge on any atom is -0.481 e. The Labute approximate surface area is 133 Å². The van der Waals surface area contributed by atoms with Gasteiger partial charge in [0.25, 0.3) is 0 Å². The van der Waals surface area contributed by atoms with Crippen molar-refractivity contribution in [2.45, 2.75) is 25.9 Å². The van der Waals surface area contributed by atoms with E-state index in [0.29, 0.717) is 13.0 Å². The molecule has 2 aromatic carbocycles. The highest BCUT2D eigenvalue weighted by atomic mass is 16.5. The van der Waals surface area contributed by atoms with Crippen molar-refractivity contribution in [3.63, 3.8) is 0 Å². The topological polar surface area (TPSA) is 72.3 Å². The normalized spacial score (nSPS) is 12.6. The first kappa shape index (κ1) is 15.4. The van der Waals surface area contributed by atoms with Crippen molar-refractivity contribution in [3.8, 4) is 0 Å². The standard InChI is InChI=1S/C18H18N2O3/c1-12(23-11-5-10-17(21)22)13-6-4-9-16-18(13)20-15-8-3-2-7-14(15)19-16/h2-4,6-9,12H,5,10-11H2,1H3,(H,21,22). The number of fused-ring (bicyclic) bond motifs is 2. The summed E-state index contributed by atoms with van der Waals surface area (Å²) < 4.78 is 5.77. The molecule has 5 nitrogen and oxygen atoms in total. The number of nitrogens with zero attached hydrogens (tertiary/aromatic N) is 2. The lowest BCUT2D eigenvalue weighted by Gasteiger charge is -2.15. The second-order valence-electron chi connectivity index (χ2n) is 5.44. The summed E-state index contributed by atoms with van der Waals surface area (Å²) in [4.78, 5) is 19.9. The van der Waals surface area contributed by atoms with Crippen molar-refractivity contribution in [1.29, 1.82) is 0 Å². The summed E-state index contributed by atoms with van der Waals surface area (Å²) in [5.41, 5.74) is 4.35. The zero-order valence-electron chi connectivity index (χ0n) is 12.9. The van der Waals surface area contributed by atoms with Gasteiger partial charge in [-0.3, -0.25) is 4.79 Å². The third kappa shape index (κ3) is 3.46. The van der Waals surface area contributed by atoms with Crippen molar-refractivity contribution in [3.05, 3.63) is 48.0 Å². The summed E-state index contributed by atoms with van der Waals surface area (Å²) in [6.45, 7) is 2.36. The average molecular weight is 310 g/mol. The predicted molar refractivity (Wildman–Crippen MR) is 88.3 cm³/mol. The molecular formula is C18H18N2O3. The van der Waals surface area contributed by atoms with Crippen molar-refractivity contribution in [2.24, 2.45) is 0 Å². The van der Waals surface area contributed by atoms with Crippen LogP contribution in [0.3, 0.4) is 0 Å². The van der Waals surface area contributed by atoms with Crippen LogP contribution in [0.25, 0.3) is 22.1 Å². The lowest BCUT2D eigenvalue weighted by atomic mass is 10.1. The van der Waals surface area contributed by atoms with Crippen LogP contribution in [-0.4, -0.2) is 27.7 Å². The number of carboxylic acid groups (broad SMARTS) is 1. The molecule has 0 fully saturated rings. The van der Waals surface area contributed by atoms with Crippen LogP contribution >= 0.6 is 0 Å². The molecule has 23 heavy (non-hydrogen) atoms. The second kappa shape index (κ2) is 6.71. The molecule has 0 spiro atoms. The zero-order chi connectivity index (χ0) is 16.2. The minimum atomic E-state index is -0.802. The molecule has 1 atom stereocenters. The van der Waals surface area contributed by atoms with Gasteiger partial charge in [-0.25, -0.2) is 9.97 Å². The lowest BCUT2D eigenvalue weighted by Crippen LogP contribution is -2.05. The molecule has 0 amide bonds. The fraction of sp³-hybridized carbons (Fsp3) is 0.278. The number of aliphatic carboxylic acids is 1. The minimum absolute atomic E-state index is 0.118. The van der Waals surface area contributed by atoms with Crippen LogP contribution in [0.5, 0.6) is 0 Å². The number of para-hydroxylation sites is 3. The van der Waals surface area contributed by atoms with Gasteiger partial charge in [0, 0.05) is 18.6 Å². The van der Waals surface area contributed by atoms with Gasteiger partial charge in [0.1, 0.15) is 0 Å². The van der Waals surface area contributed by atoms with E-state index in [-0.39, 0.29) is 12.5 Å². The van der Waals surface area contributed by atoms with E-state index in [2.05, 4.69) is 4.98 Å². The fourth-order valence-corrected chi connectivity index (χ4v) is 2.57. The number of hydrogen-bond donors (Lipinski definition) is 1. The highest BCUT2D eigenvalue weighted by Gasteiger charge is 2.12. The molecule has 1 heterocycles. The number of carboxylic acids is 1. The number of rotatable bonds is 6. The molecule has 3 aromatic rings. The summed E-state index contributed by atoms with van der Waals surface area (Å²) in [6, 6.07) is 13.6. The van der Waals surface area contributed by atoms with Crippen LogP contribution in [0.15, 0.2) is 42.5 Å². The van der Waals surface area contributed by atoms with Gasteiger partial charge in [-0.2, -0.15) is 0 Å². The molecule has 0 aliphatic rings. The van der Waals surface area contributed by atoms with E-state index < -0.39 is 5.97 Å². The summed E-state index contributed by atoms with van der Waals surface area (Å²) in [6.07, 6.45) is 0.453. The molecule has 0 saturated carbocycles. The van der Waals surface area contributed by atoms with Gasteiger partial charge >= 0.3 is 5.97 Å². The largest absolute Gasteiger partial charge is 0.481 e. The summed E-state index contributed by atoms with van der Waals surface area (Å²) in [5.74, 6) is -0.802. The molecule has 1 unspecified atom stereocenters. The average Bonchev–Trinajstić information content (AvgIpc) is 2.56. The Bertz CT molecular complexity index is 848. The smallest absolute Gasteiger partial charge is 0.303 e. The van der Waals surface area contributed by atoms with Crippen LogP contribution in [0.2, 0.25) is 0 Å². The molecule has 1 N–H and O–H groups in total. The van der Waals surface area contributed by atoms with E-state index in [1.54, 1.807) is 0 Å². The Kier molecular flexibility index (Phi) is 4.48. The molecule has 5 heteroatoms. The van der Waals surface area contributed by atoms with Gasteiger partial charge in [-0.05, 0) is 31.5 Å². The molecular weight excluding hydrogens is 292 g/mol. The fourth-order valence-electron chi connectivity index (χ4n) is 2.57. The number of ether oxygens (including phenoxy) is 1. The third-order valence-corrected chi connectivity index (χ3v) is 3.74. The van der Waals surface area contributed by atoms with Crippen molar-refractivity contribution in [1.82, 2.24) is 9.97 Å². The van der Waals surface area contributed by atoms with Gasteiger partial charge in [-0.15, -0.1) is 0 Å². The molecule has 0 bridgehead atoms. The maximum Gasteiger partial charge on any atom is 0.303 e. The molecule has 0 saturated heterocycles. The molecule has 0 aliphatic carbocycles. The quantitative estimate of drug-likeness (QED) is 0.555. The predicted octanol–water partition coefficient (Wildman–Crippen LogP) is 3.73. The van der Waals surface area contributed by atoms with Gasteiger partial charge in [0.15, 0.2) is 0 Å². The van der Waals surface area contributed by atoms with Crippen LogP contribution in [-0.2, 0) is 9.53 Å². The van der Waals surface area contributed by atoms with E-state index in [0.717, 1.165) is 27.6 Å². The van der Waals surface area contributed by atoms with Gasteiger partial charge < -0.3 is 9.84 Å². The van der Waals surface area contributed by atoms with Gasteiger partial charge in [-0.1, -0.05) is 24.3 Å². The molecule has 0 aliphatic heterocycles. The van der Waals surface area contributed by atoms with E-state index in [9.17, 15) is 4.79 Å². The number of hydrogen-bond acceptors (Lipinski definition) is 4. The number of aromatic nitrogens is 2. The lowest BCUT2D eigenvalue weighted by molar-refractivity contribution is -0.137. The SMILES string of the molecule is CC(OCCCC(=O)O)c1cccc2nc3ccccc3nc12. The second-order valence-corrected chi connectivity index (χ2v) is 5.44. The molecule has 3 rings (SSSR count). The zero-order valence-corrected chi connectivity index (χ0v) is 12.9. The Morgan fingerprint density at radius 3 is 2.52 bits per heavy atom. The Balaban J connectivity index is 1.87. The van der Waals surface area contributed by atoms with Gasteiger partial charge in [0.05, 0.1) is 28.2 Å². The van der Waals surface area contributed by atoms with Crippen molar-refractivity contribution in [2.75, 3.05) is 6.61 Å². The highest BCUT2D eigenvalue weighted by Crippen LogP contribution is 2.26. The third-order valence-electron chi connectivity index (χ3n) is 3.74. The monoisotopic (exact) mass is 310 g/mol. The number of carbonyl (C=O) groups is 1. The summed E-state index contributed by atoms with van der Waals surface area (Å²) in [7, 11) is 0. The van der Waals surface area contributed by atoms with E-state index in [4.69, 9.17) is 14.8 Å². The van der Waals surface area contributed by atoms with Crippen molar-refractivity contribution < 1.29 is 14.6 Å². The molecule has 1 aromatic heterocycles. The van der Waals surface area contributed by atoms with Crippen LogP contribution in [0.4, 0.5) is 0 Å². The summed E-state index contributed by atoms with van der Waals surface area (Å²) >= 11 is 0. The Morgan fingerprint density at radius 2 is 1.78 bits per heavy atom. The van der Waals surface area contributed by atoms with Crippen LogP contribution in [0, 0.1) is 0 Å². The van der Waals surface area contributed by atoms with E-state index in [1.807, 2.05) is 49.4 Å².